The Labute approximate surface area is 105 Å². The Kier molecular flexibility index (Phi) is 2.48. The van der Waals surface area contributed by atoms with Crippen LogP contribution in [0.15, 0.2) is 16.6 Å². The minimum absolute atomic E-state index is 0.711. The predicted molar refractivity (Wildman–Crippen MR) is 71.2 cm³/mol. The van der Waals surface area contributed by atoms with Gasteiger partial charge in [-0.2, -0.15) is 0 Å². The molecule has 2 atom stereocenters. The fraction of sp³-hybridized carbons (Fsp3) is 0.538. The average Bonchev–Trinajstić information content (AvgIpc) is 2.64. The van der Waals surface area contributed by atoms with Gasteiger partial charge in [0.2, 0.25) is 0 Å². The van der Waals surface area contributed by atoms with Gasteiger partial charge >= 0.3 is 0 Å². The van der Waals surface area contributed by atoms with Crippen molar-refractivity contribution < 1.29 is 0 Å². The van der Waals surface area contributed by atoms with E-state index >= 15 is 0 Å². The molecule has 2 aliphatic rings. The summed E-state index contributed by atoms with van der Waals surface area (Å²) in [5.41, 5.74) is 4.36. The van der Waals surface area contributed by atoms with Crippen molar-refractivity contribution in [3.8, 4) is 0 Å². The molecule has 1 N–H and O–H groups in total. The maximum absolute atomic E-state index is 3.62. The molecular weight excluding hydrogens is 264 g/mol. The number of nitrogens with zero attached hydrogens (tertiary/aromatic N) is 1. The van der Waals surface area contributed by atoms with Crippen molar-refractivity contribution in [1.82, 2.24) is 5.32 Å². The lowest BCUT2D eigenvalue weighted by Crippen LogP contribution is -2.35. The molecule has 2 aliphatic heterocycles. The molecule has 2 nitrogen and oxygen atoms in total. The molecule has 0 radical (unpaired) electrons. The second-order valence-corrected chi connectivity index (χ2v) is 5.98. The van der Waals surface area contributed by atoms with Crippen LogP contribution in [0.2, 0.25) is 0 Å². The van der Waals surface area contributed by atoms with E-state index < -0.39 is 0 Å². The highest BCUT2D eigenvalue weighted by molar-refractivity contribution is 9.10. The van der Waals surface area contributed by atoms with Gasteiger partial charge < -0.3 is 10.2 Å². The van der Waals surface area contributed by atoms with Crippen LogP contribution in [0.5, 0.6) is 0 Å². The van der Waals surface area contributed by atoms with E-state index in [1.807, 2.05) is 0 Å². The first-order valence-electron chi connectivity index (χ1n) is 5.88. The van der Waals surface area contributed by atoms with E-state index in [2.05, 4.69) is 52.3 Å². The van der Waals surface area contributed by atoms with E-state index in [9.17, 15) is 0 Å². The molecule has 1 fully saturated rings. The van der Waals surface area contributed by atoms with E-state index in [-0.39, 0.29) is 0 Å². The highest BCUT2D eigenvalue weighted by atomic mass is 79.9. The normalized spacial score (nSPS) is 27.8. The average molecular weight is 281 g/mol. The molecule has 1 aromatic carbocycles. The number of fused-ring (bicyclic) bond motifs is 3. The molecule has 2 heterocycles. The monoisotopic (exact) mass is 280 g/mol. The fourth-order valence-corrected chi connectivity index (χ4v) is 3.89. The number of nitrogens with one attached hydrogen (secondary N) is 1. The lowest BCUT2D eigenvalue weighted by atomic mass is 9.83. The molecule has 0 aliphatic carbocycles. The van der Waals surface area contributed by atoms with Crippen LogP contribution in [0.25, 0.3) is 0 Å². The Morgan fingerprint density at radius 3 is 3.00 bits per heavy atom. The van der Waals surface area contributed by atoms with E-state index in [0.717, 1.165) is 12.5 Å². The number of aryl methyl sites for hydroxylation is 1. The summed E-state index contributed by atoms with van der Waals surface area (Å²) in [5.74, 6) is 1.49. The van der Waals surface area contributed by atoms with Crippen molar-refractivity contribution in [3.63, 3.8) is 0 Å². The zero-order valence-electron chi connectivity index (χ0n) is 9.76. The highest BCUT2D eigenvalue weighted by Crippen LogP contribution is 2.42. The summed E-state index contributed by atoms with van der Waals surface area (Å²) in [6.45, 7) is 5.71. The first-order chi connectivity index (χ1) is 7.66. The summed E-state index contributed by atoms with van der Waals surface area (Å²) in [7, 11) is 2.22. The summed E-state index contributed by atoms with van der Waals surface area (Å²) in [6.07, 6.45) is 0. The number of benzene rings is 1. The first-order valence-corrected chi connectivity index (χ1v) is 6.68. The Hall–Kier alpha value is -0.540. The van der Waals surface area contributed by atoms with Gasteiger partial charge in [0.1, 0.15) is 0 Å². The summed E-state index contributed by atoms with van der Waals surface area (Å²) in [4.78, 5) is 2.42. The molecule has 0 amide bonds. The van der Waals surface area contributed by atoms with E-state index in [4.69, 9.17) is 0 Å². The lowest BCUT2D eigenvalue weighted by Gasteiger charge is -2.37. The molecule has 3 rings (SSSR count). The van der Waals surface area contributed by atoms with Gasteiger partial charge in [0, 0.05) is 42.8 Å². The number of anilines is 1. The van der Waals surface area contributed by atoms with E-state index in [1.54, 1.807) is 0 Å². The lowest BCUT2D eigenvalue weighted by molar-refractivity contribution is 0.495. The SMILES string of the molecule is Cc1cc(Br)cc2c1N(C)CC1CNCC21. The number of halogens is 1. The van der Waals surface area contributed by atoms with Crippen molar-refractivity contribution in [2.24, 2.45) is 5.92 Å². The molecule has 86 valence electrons. The summed E-state index contributed by atoms with van der Waals surface area (Å²) in [5, 5.41) is 3.52. The molecule has 0 saturated carbocycles. The topological polar surface area (TPSA) is 15.3 Å². The van der Waals surface area contributed by atoms with Crippen LogP contribution in [0.4, 0.5) is 5.69 Å². The minimum atomic E-state index is 0.711. The van der Waals surface area contributed by atoms with E-state index in [0.29, 0.717) is 5.92 Å². The standard InChI is InChI=1S/C13H17BrN2/c1-8-3-10(14)4-11-12-6-15-5-9(12)7-16(2)13(8)11/h3-4,9,12,15H,5-7H2,1-2H3. The Morgan fingerprint density at radius 2 is 2.19 bits per heavy atom. The quantitative estimate of drug-likeness (QED) is 0.786. The third kappa shape index (κ3) is 1.49. The molecule has 0 aromatic heterocycles. The molecule has 0 spiro atoms. The van der Waals surface area contributed by atoms with Gasteiger partial charge in [0.25, 0.3) is 0 Å². The second kappa shape index (κ2) is 3.74. The smallest absolute Gasteiger partial charge is 0.0430 e. The molecule has 1 saturated heterocycles. The maximum atomic E-state index is 3.62. The van der Waals surface area contributed by atoms with Gasteiger partial charge in [-0.1, -0.05) is 15.9 Å². The third-order valence-electron chi connectivity index (χ3n) is 3.92. The van der Waals surface area contributed by atoms with Crippen LogP contribution in [0, 0.1) is 12.8 Å². The zero-order chi connectivity index (χ0) is 11.3. The van der Waals surface area contributed by atoms with Crippen LogP contribution in [0.3, 0.4) is 0 Å². The number of hydrogen-bond acceptors (Lipinski definition) is 2. The Balaban J connectivity index is 2.16. The first kappa shape index (κ1) is 10.6. The molecule has 16 heavy (non-hydrogen) atoms. The van der Waals surface area contributed by atoms with Crippen LogP contribution in [0.1, 0.15) is 17.0 Å². The minimum Gasteiger partial charge on any atom is -0.374 e. The Morgan fingerprint density at radius 1 is 1.38 bits per heavy atom. The number of rotatable bonds is 0. The second-order valence-electron chi connectivity index (χ2n) is 5.07. The predicted octanol–water partition coefficient (Wildman–Crippen LogP) is 2.51. The van der Waals surface area contributed by atoms with Crippen LogP contribution in [-0.4, -0.2) is 26.7 Å². The number of hydrogen-bond donors (Lipinski definition) is 1. The molecule has 2 unspecified atom stereocenters. The molecule has 1 aromatic rings. The highest BCUT2D eigenvalue weighted by Gasteiger charge is 2.36. The fourth-order valence-electron chi connectivity index (χ4n) is 3.30. The van der Waals surface area contributed by atoms with E-state index in [1.165, 1.54) is 34.4 Å². The van der Waals surface area contributed by atoms with Gasteiger partial charge in [-0.05, 0) is 36.1 Å². The summed E-state index contributed by atoms with van der Waals surface area (Å²) in [6, 6.07) is 4.53. The van der Waals surface area contributed by atoms with Crippen LogP contribution < -0.4 is 10.2 Å². The summed E-state index contributed by atoms with van der Waals surface area (Å²) < 4.78 is 1.21. The van der Waals surface area contributed by atoms with Crippen molar-refractivity contribution in [2.75, 3.05) is 31.6 Å². The van der Waals surface area contributed by atoms with Gasteiger partial charge in [0.15, 0.2) is 0 Å². The van der Waals surface area contributed by atoms with Crippen LogP contribution in [-0.2, 0) is 0 Å². The summed E-state index contributed by atoms with van der Waals surface area (Å²) >= 11 is 3.62. The zero-order valence-corrected chi connectivity index (χ0v) is 11.3. The maximum Gasteiger partial charge on any atom is 0.0430 e. The Bertz CT molecular complexity index is 430. The van der Waals surface area contributed by atoms with Gasteiger partial charge in [-0.15, -0.1) is 0 Å². The van der Waals surface area contributed by atoms with Gasteiger partial charge in [-0.3, -0.25) is 0 Å². The molecular formula is C13H17BrN2. The molecule has 3 heteroatoms. The van der Waals surface area contributed by atoms with Crippen molar-refractivity contribution in [1.29, 1.82) is 0 Å². The van der Waals surface area contributed by atoms with Crippen molar-refractivity contribution in [2.45, 2.75) is 12.8 Å². The van der Waals surface area contributed by atoms with Gasteiger partial charge in [0.05, 0.1) is 0 Å². The largest absolute Gasteiger partial charge is 0.374 e. The third-order valence-corrected chi connectivity index (χ3v) is 4.38. The van der Waals surface area contributed by atoms with Crippen LogP contribution >= 0.6 is 15.9 Å². The van der Waals surface area contributed by atoms with Crippen molar-refractivity contribution >= 4 is 21.6 Å². The van der Waals surface area contributed by atoms with Gasteiger partial charge in [-0.25, -0.2) is 0 Å². The van der Waals surface area contributed by atoms with Crippen molar-refractivity contribution in [3.05, 3.63) is 27.7 Å². The molecule has 0 bridgehead atoms.